The molecule has 2 aliphatic rings. The topological polar surface area (TPSA) is 87.0 Å². The van der Waals surface area contributed by atoms with Crippen molar-refractivity contribution in [2.45, 2.75) is 13.5 Å². The summed E-state index contributed by atoms with van der Waals surface area (Å²) in [6.45, 7) is 8.22. The minimum absolute atomic E-state index is 0.0264. The van der Waals surface area contributed by atoms with Gasteiger partial charge in [0.2, 0.25) is 5.96 Å². The summed E-state index contributed by atoms with van der Waals surface area (Å²) in [7, 11) is -0.877. The van der Waals surface area contributed by atoms with E-state index in [1.165, 1.54) is 0 Å². The standard InChI is InChI=1S/C18H23BN4O4/c1-3-6-21-18(20-2)23-9-7-22(8-10-23)17(24)13-26-15-4-5-16-14(11-15)12-27-19(16)25/h3-6,11,25H,2,7-10,12-13H2,1H3/b6-3-,21-18+. The number of hydrogen-bond donors (Lipinski definition) is 1. The lowest BCUT2D eigenvalue weighted by atomic mass is 9.80. The molecule has 1 saturated heterocycles. The minimum atomic E-state index is -0.877. The molecule has 2 aliphatic heterocycles. The number of aliphatic imine (C=N–C) groups is 2. The third-order valence-electron chi connectivity index (χ3n) is 4.54. The summed E-state index contributed by atoms with van der Waals surface area (Å²) < 4.78 is 10.8. The van der Waals surface area contributed by atoms with E-state index in [1.54, 1.807) is 29.3 Å². The first-order valence-corrected chi connectivity index (χ1v) is 8.86. The van der Waals surface area contributed by atoms with Crippen molar-refractivity contribution in [3.63, 3.8) is 0 Å². The number of piperazine rings is 1. The van der Waals surface area contributed by atoms with Crippen LogP contribution in [0.2, 0.25) is 0 Å². The summed E-state index contributed by atoms with van der Waals surface area (Å²) in [5.74, 6) is 1.10. The number of nitrogens with zero attached hydrogens (tertiary/aromatic N) is 4. The molecule has 1 fully saturated rings. The lowest BCUT2D eigenvalue weighted by molar-refractivity contribution is -0.134. The van der Waals surface area contributed by atoms with E-state index in [-0.39, 0.29) is 12.5 Å². The Morgan fingerprint density at radius 3 is 2.81 bits per heavy atom. The Balaban J connectivity index is 1.49. The fourth-order valence-corrected chi connectivity index (χ4v) is 3.05. The third kappa shape index (κ3) is 4.56. The Hall–Kier alpha value is -2.65. The molecular weight excluding hydrogens is 347 g/mol. The number of fused-ring (bicyclic) bond motifs is 1. The minimum Gasteiger partial charge on any atom is -0.484 e. The van der Waals surface area contributed by atoms with E-state index in [9.17, 15) is 9.82 Å². The van der Waals surface area contributed by atoms with Gasteiger partial charge in [0.25, 0.3) is 5.91 Å². The monoisotopic (exact) mass is 370 g/mol. The van der Waals surface area contributed by atoms with Crippen molar-refractivity contribution in [1.82, 2.24) is 9.80 Å². The molecule has 0 aromatic heterocycles. The number of allylic oxidation sites excluding steroid dienone is 1. The summed E-state index contributed by atoms with van der Waals surface area (Å²) in [5, 5.41) is 9.64. The van der Waals surface area contributed by atoms with Gasteiger partial charge in [-0.2, -0.15) is 0 Å². The second kappa shape index (κ2) is 8.83. The lowest BCUT2D eigenvalue weighted by Gasteiger charge is -2.35. The summed E-state index contributed by atoms with van der Waals surface area (Å²) in [6.07, 6.45) is 3.50. The average molecular weight is 370 g/mol. The van der Waals surface area contributed by atoms with Gasteiger partial charge in [-0.25, -0.2) is 9.98 Å². The molecule has 27 heavy (non-hydrogen) atoms. The van der Waals surface area contributed by atoms with Crippen LogP contribution >= 0.6 is 0 Å². The number of benzene rings is 1. The third-order valence-corrected chi connectivity index (χ3v) is 4.54. The van der Waals surface area contributed by atoms with Crippen molar-refractivity contribution in [2.75, 3.05) is 32.8 Å². The van der Waals surface area contributed by atoms with Gasteiger partial charge in [-0.15, -0.1) is 0 Å². The summed E-state index contributed by atoms with van der Waals surface area (Å²) in [4.78, 5) is 24.4. The molecule has 0 radical (unpaired) electrons. The van der Waals surface area contributed by atoms with E-state index in [4.69, 9.17) is 9.39 Å². The molecule has 0 spiro atoms. The molecule has 0 bridgehead atoms. The van der Waals surface area contributed by atoms with Crippen LogP contribution in [0.15, 0.2) is 40.5 Å². The van der Waals surface area contributed by atoms with Crippen LogP contribution in [0, 0.1) is 0 Å². The first-order chi connectivity index (χ1) is 13.1. The van der Waals surface area contributed by atoms with Gasteiger partial charge in [-0.05, 0) is 36.8 Å². The van der Waals surface area contributed by atoms with Crippen LogP contribution in [0.3, 0.4) is 0 Å². The number of ether oxygens (including phenoxy) is 1. The van der Waals surface area contributed by atoms with Crippen molar-refractivity contribution >= 4 is 31.2 Å². The van der Waals surface area contributed by atoms with E-state index in [0.29, 0.717) is 44.5 Å². The highest BCUT2D eigenvalue weighted by Gasteiger charge is 2.27. The number of amides is 1. The van der Waals surface area contributed by atoms with Gasteiger partial charge >= 0.3 is 7.12 Å². The summed E-state index contributed by atoms with van der Waals surface area (Å²) >= 11 is 0. The number of rotatable bonds is 4. The Labute approximate surface area is 158 Å². The quantitative estimate of drug-likeness (QED) is 0.459. The molecule has 0 aliphatic carbocycles. The Morgan fingerprint density at radius 2 is 2.11 bits per heavy atom. The predicted octanol–water partition coefficient (Wildman–Crippen LogP) is 0.0175. The molecule has 142 valence electrons. The van der Waals surface area contributed by atoms with Crippen molar-refractivity contribution in [3.05, 3.63) is 36.0 Å². The van der Waals surface area contributed by atoms with Crippen LogP contribution in [-0.4, -0.2) is 73.3 Å². The second-order valence-corrected chi connectivity index (χ2v) is 6.25. The number of carbonyl (C=O) groups is 1. The molecular formula is C18H23BN4O4. The smallest absolute Gasteiger partial charge is 0.484 e. The Morgan fingerprint density at radius 1 is 1.37 bits per heavy atom. The first-order valence-electron chi connectivity index (χ1n) is 8.86. The molecule has 1 amide bonds. The normalized spacial score (nSPS) is 17.4. The number of hydrogen-bond acceptors (Lipinski definition) is 5. The highest BCUT2D eigenvalue weighted by Crippen LogP contribution is 2.17. The predicted molar refractivity (Wildman–Crippen MR) is 104 cm³/mol. The van der Waals surface area contributed by atoms with Gasteiger partial charge in [-0.3, -0.25) is 4.79 Å². The van der Waals surface area contributed by atoms with Crippen molar-refractivity contribution in [3.8, 4) is 5.75 Å². The SMILES string of the molecule is C=N/C(=N\C=C/C)N1CCN(C(=O)COc2ccc3c(c2)COB3O)CC1. The van der Waals surface area contributed by atoms with Crippen LogP contribution in [-0.2, 0) is 16.1 Å². The van der Waals surface area contributed by atoms with Crippen molar-refractivity contribution in [1.29, 1.82) is 0 Å². The van der Waals surface area contributed by atoms with Gasteiger partial charge in [0.15, 0.2) is 6.61 Å². The maximum absolute atomic E-state index is 12.4. The van der Waals surface area contributed by atoms with E-state index < -0.39 is 7.12 Å². The molecule has 2 heterocycles. The fourth-order valence-electron chi connectivity index (χ4n) is 3.05. The molecule has 1 aromatic rings. The van der Waals surface area contributed by atoms with Gasteiger partial charge < -0.3 is 24.2 Å². The molecule has 0 unspecified atom stereocenters. The van der Waals surface area contributed by atoms with Crippen LogP contribution < -0.4 is 10.2 Å². The molecule has 0 atom stereocenters. The highest BCUT2D eigenvalue weighted by molar-refractivity contribution is 6.61. The van der Waals surface area contributed by atoms with Crippen molar-refractivity contribution < 1.29 is 19.2 Å². The van der Waals surface area contributed by atoms with E-state index >= 15 is 0 Å². The Kier molecular flexibility index (Phi) is 6.26. The second-order valence-electron chi connectivity index (χ2n) is 6.25. The molecule has 1 aromatic carbocycles. The van der Waals surface area contributed by atoms with Crippen molar-refractivity contribution in [2.24, 2.45) is 9.98 Å². The summed E-state index contributed by atoms with van der Waals surface area (Å²) in [6, 6.07) is 5.30. The molecule has 0 saturated carbocycles. The maximum Gasteiger partial charge on any atom is 0.491 e. The molecule has 1 N–H and O–H groups in total. The van der Waals surface area contributed by atoms with E-state index in [1.807, 2.05) is 17.9 Å². The number of carbonyl (C=O) groups excluding carboxylic acids is 1. The van der Waals surface area contributed by atoms with Gasteiger partial charge in [0.1, 0.15) is 5.75 Å². The zero-order chi connectivity index (χ0) is 19.2. The first kappa shape index (κ1) is 19.1. The van der Waals surface area contributed by atoms with Gasteiger partial charge in [0, 0.05) is 32.4 Å². The van der Waals surface area contributed by atoms with Crippen LogP contribution in [0.1, 0.15) is 12.5 Å². The zero-order valence-corrected chi connectivity index (χ0v) is 15.4. The average Bonchev–Trinajstić information content (AvgIpc) is 3.07. The van der Waals surface area contributed by atoms with Crippen LogP contribution in [0.5, 0.6) is 5.75 Å². The molecule has 9 heteroatoms. The highest BCUT2D eigenvalue weighted by atomic mass is 16.5. The van der Waals surface area contributed by atoms with E-state index in [2.05, 4.69) is 16.7 Å². The Bertz CT molecular complexity index is 760. The fraction of sp³-hybridized carbons (Fsp3) is 0.389. The van der Waals surface area contributed by atoms with Crippen LogP contribution in [0.25, 0.3) is 0 Å². The van der Waals surface area contributed by atoms with E-state index in [0.717, 1.165) is 11.0 Å². The lowest BCUT2D eigenvalue weighted by Crippen LogP contribution is -2.51. The summed E-state index contributed by atoms with van der Waals surface area (Å²) in [5.41, 5.74) is 1.63. The molecule has 3 rings (SSSR count). The maximum atomic E-state index is 12.4. The number of guanidine groups is 1. The van der Waals surface area contributed by atoms with Gasteiger partial charge in [-0.1, -0.05) is 12.1 Å². The zero-order valence-electron chi connectivity index (χ0n) is 15.4. The van der Waals surface area contributed by atoms with Gasteiger partial charge in [0.05, 0.1) is 6.61 Å². The largest absolute Gasteiger partial charge is 0.491 e. The van der Waals surface area contributed by atoms with Crippen LogP contribution in [0.4, 0.5) is 0 Å². The molecule has 8 nitrogen and oxygen atoms in total.